The number of alkyl halides is 6. The first kappa shape index (κ1) is 38.6. The third-order valence-corrected chi connectivity index (χ3v) is 11.8. The van der Waals surface area contributed by atoms with E-state index >= 15 is 0 Å². The third kappa shape index (κ3) is 7.22. The van der Waals surface area contributed by atoms with Crippen LogP contribution in [0, 0.1) is 0 Å². The van der Waals surface area contributed by atoms with Crippen molar-refractivity contribution in [1.29, 1.82) is 0 Å². The second-order valence-corrected chi connectivity index (χ2v) is 14.6. The van der Waals surface area contributed by atoms with Crippen molar-refractivity contribution in [3.8, 4) is 66.8 Å². The van der Waals surface area contributed by atoms with E-state index in [1.807, 2.05) is 36.4 Å². The lowest BCUT2D eigenvalue weighted by molar-refractivity contribution is 1.34. The fourth-order valence-electron chi connectivity index (χ4n) is 7.65. The molecule has 7 rings (SSSR count). The van der Waals surface area contributed by atoms with Gasteiger partial charge in [-0.2, -0.15) is 0 Å². The van der Waals surface area contributed by atoms with E-state index in [9.17, 15) is 0 Å². The molecule has 0 saturated heterocycles. The van der Waals surface area contributed by atoms with Crippen LogP contribution < -0.4 is 0 Å². The van der Waals surface area contributed by atoms with Crippen LogP contribution in [0.1, 0.15) is 33.4 Å². The van der Waals surface area contributed by atoms with Gasteiger partial charge >= 0.3 is 0 Å². The molecule has 6 heteroatoms. The standard InChI is InChI=1S/C48H36Cl6/c49-25-31-13-1-7-19-37(31)43-44(38-20-8-2-14-32(38)26-50)46(40-22-10-4-16-34(40)28-52)48(42-24-12-6-18-36(42)30-54)47(41-23-11-5-17-35(41)29-53)45(43)39-21-9-3-15-33(39)27-51/h1-24H,25-30H2. The molecule has 0 spiro atoms. The molecule has 0 aromatic heterocycles. The van der Waals surface area contributed by atoms with E-state index in [4.69, 9.17) is 69.6 Å². The summed E-state index contributed by atoms with van der Waals surface area (Å²) in [6.45, 7) is 0. The Hall–Kier alpha value is -3.72. The maximum atomic E-state index is 6.88. The number of rotatable bonds is 12. The van der Waals surface area contributed by atoms with Crippen molar-refractivity contribution in [2.24, 2.45) is 0 Å². The molecule has 0 saturated carbocycles. The fourth-order valence-corrected chi connectivity index (χ4v) is 9.05. The van der Waals surface area contributed by atoms with Gasteiger partial charge in [0.2, 0.25) is 0 Å². The van der Waals surface area contributed by atoms with Gasteiger partial charge in [-0.1, -0.05) is 146 Å². The van der Waals surface area contributed by atoms with Gasteiger partial charge in [-0.15, -0.1) is 69.6 Å². The van der Waals surface area contributed by atoms with Gasteiger partial charge in [0.25, 0.3) is 0 Å². The van der Waals surface area contributed by atoms with Crippen LogP contribution in [-0.2, 0) is 35.3 Å². The molecule has 0 heterocycles. The Bertz CT molecular complexity index is 1970. The SMILES string of the molecule is ClCc1ccccc1-c1c(-c2ccccc2CCl)c(-c2ccccc2CCl)c(-c2ccccc2CCl)c(-c2ccccc2CCl)c1-c1ccccc1CCl. The molecule has 0 fully saturated rings. The van der Waals surface area contributed by atoms with E-state index in [1.165, 1.54) is 0 Å². The van der Waals surface area contributed by atoms with Crippen LogP contribution in [0.25, 0.3) is 66.8 Å². The van der Waals surface area contributed by atoms with Crippen molar-refractivity contribution in [1.82, 2.24) is 0 Å². The normalized spacial score (nSPS) is 11.2. The van der Waals surface area contributed by atoms with Crippen molar-refractivity contribution < 1.29 is 0 Å². The molecule has 7 aromatic rings. The van der Waals surface area contributed by atoms with Crippen LogP contribution in [0.5, 0.6) is 0 Å². The first-order valence-corrected chi connectivity index (χ1v) is 20.9. The first-order valence-electron chi connectivity index (χ1n) is 17.7. The summed E-state index contributed by atoms with van der Waals surface area (Å²) in [5.74, 6) is 1.84. The lowest BCUT2D eigenvalue weighted by atomic mass is 9.71. The second kappa shape index (κ2) is 17.8. The average Bonchev–Trinajstić information content (AvgIpc) is 3.25. The van der Waals surface area contributed by atoms with Crippen molar-refractivity contribution >= 4 is 69.6 Å². The van der Waals surface area contributed by atoms with E-state index in [-0.39, 0.29) is 0 Å². The monoisotopic (exact) mass is 822 g/mol. The summed E-state index contributed by atoms with van der Waals surface area (Å²) < 4.78 is 0. The van der Waals surface area contributed by atoms with Gasteiger partial charge in [0.1, 0.15) is 0 Å². The predicted molar refractivity (Wildman–Crippen MR) is 236 cm³/mol. The molecule has 54 heavy (non-hydrogen) atoms. The van der Waals surface area contributed by atoms with Crippen LogP contribution in [0.15, 0.2) is 146 Å². The second-order valence-electron chi connectivity index (χ2n) is 13.0. The Balaban J connectivity index is 1.94. The zero-order chi connectivity index (χ0) is 37.6. The molecule has 0 aliphatic rings. The van der Waals surface area contributed by atoms with E-state index in [2.05, 4.69) is 109 Å². The van der Waals surface area contributed by atoms with Crippen molar-refractivity contribution in [3.63, 3.8) is 0 Å². The first-order chi connectivity index (χ1) is 26.6. The molecule has 0 unspecified atom stereocenters. The number of halogens is 6. The average molecular weight is 826 g/mol. The van der Waals surface area contributed by atoms with E-state index in [0.29, 0.717) is 35.3 Å². The molecule has 7 aromatic carbocycles. The molecule has 0 radical (unpaired) electrons. The van der Waals surface area contributed by atoms with E-state index in [0.717, 1.165) is 100 Å². The summed E-state index contributed by atoms with van der Waals surface area (Å²) in [6.07, 6.45) is 0. The molecule has 0 amide bonds. The summed E-state index contributed by atoms with van der Waals surface area (Å²) in [5.41, 5.74) is 18.2. The van der Waals surface area contributed by atoms with Gasteiger partial charge in [0.05, 0.1) is 0 Å². The maximum Gasteiger partial charge on any atom is 0.0480 e. The molecule has 0 atom stereocenters. The molecular weight excluding hydrogens is 789 g/mol. The highest BCUT2D eigenvalue weighted by Gasteiger charge is 2.33. The van der Waals surface area contributed by atoms with Gasteiger partial charge in [-0.25, -0.2) is 0 Å². The number of hydrogen-bond acceptors (Lipinski definition) is 0. The Kier molecular flexibility index (Phi) is 12.7. The molecular formula is C48H36Cl6. The maximum absolute atomic E-state index is 6.88. The minimum Gasteiger partial charge on any atom is -0.122 e. The van der Waals surface area contributed by atoms with Gasteiger partial charge < -0.3 is 0 Å². The van der Waals surface area contributed by atoms with Crippen LogP contribution in [-0.4, -0.2) is 0 Å². The largest absolute Gasteiger partial charge is 0.122 e. The molecule has 270 valence electrons. The number of benzene rings is 7. The fraction of sp³-hybridized carbons (Fsp3) is 0.125. The molecule has 0 aliphatic heterocycles. The minimum atomic E-state index is 0.307. The predicted octanol–water partition coefficient (Wildman–Crippen LogP) is 16.1. The van der Waals surface area contributed by atoms with Gasteiger partial charge in [0, 0.05) is 35.3 Å². The van der Waals surface area contributed by atoms with E-state index < -0.39 is 0 Å². The molecule has 0 nitrogen and oxygen atoms in total. The van der Waals surface area contributed by atoms with E-state index in [1.54, 1.807) is 0 Å². The number of hydrogen-bond donors (Lipinski definition) is 0. The smallest absolute Gasteiger partial charge is 0.0480 e. The Morgan fingerprint density at radius 2 is 0.333 bits per heavy atom. The zero-order valence-electron chi connectivity index (χ0n) is 29.4. The van der Waals surface area contributed by atoms with Crippen LogP contribution in [0.3, 0.4) is 0 Å². The van der Waals surface area contributed by atoms with Crippen molar-refractivity contribution in [2.45, 2.75) is 35.3 Å². The van der Waals surface area contributed by atoms with Gasteiger partial charge in [-0.05, 0) is 100 Å². The zero-order valence-corrected chi connectivity index (χ0v) is 33.9. The summed E-state index contributed by atoms with van der Waals surface area (Å²) >= 11 is 41.3. The quantitative estimate of drug-likeness (QED) is 0.108. The lowest BCUT2D eigenvalue weighted by Crippen LogP contribution is -2.07. The summed E-state index contributed by atoms with van der Waals surface area (Å²) in [6, 6.07) is 50.4. The van der Waals surface area contributed by atoms with Gasteiger partial charge in [0.15, 0.2) is 0 Å². The summed E-state index contributed by atoms with van der Waals surface area (Å²) in [4.78, 5) is 0. The van der Waals surface area contributed by atoms with Crippen LogP contribution in [0.2, 0.25) is 0 Å². The minimum absolute atomic E-state index is 0.307. The van der Waals surface area contributed by atoms with Crippen LogP contribution >= 0.6 is 69.6 Å². The summed E-state index contributed by atoms with van der Waals surface area (Å²) in [7, 11) is 0. The third-order valence-electron chi connectivity index (χ3n) is 10.1. The Labute approximate surface area is 348 Å². The van der Waals surface area contributed by atoms with Crippen LogP contribution in [0.4, 0.5) is 0 Å². The Morgan fingerprint density at radius 1 is 0.204 bits per heavy atom. The molecule has 0 bridgehead atoms. The van der Waals surface area contributed by atoms with Crippen molar-refractivity contribution in [3.05, 3.63) is 179 Å². The molecule has 0 aliphatic carbocycles. The van der Waals surface area contributed by atoms with Gasteiger partial charge in [-0.3, -0.25) is 0 Å². The van der Waals surface area contributed by atoms with Crippen molar-refractivity contribution in [2.75, 3.05) is 0 Å². The highest BCUT2D eigenvalue weighted by atomic mass is 35.5. The highest BCUT2D eigenvalue weighted by molar-refractivity contribution is 6.23. The highest BCUT2D eigenvalue weighted by Crippen LogP contribution is 2.58. The Morgan fingerprint density at radius 3 is 0.463 bits per heavy atom. The molecule has 0 N–H and O–H groups in total. The topological polar surface area (TPSA) is 0 Å². The summed E-state index contributed by atoms with van der Waals surface area (Å²) in [5, 5.41) is 0. The lowest BCUT2D eigenvalue weighted by Gasteiger charge is -2.32.